The van der Waals surface area contributed by atoms with Crippen LogP contribution in [-0.4, -0.2) is 26.9 Å². The van der Waals surface area contributed by atoms with Crippen LogP contribution in [0.25, 0.3) is 5.69 Å². The molecule has 1 amide bonds. The van der Waals surface area contributed by atoms with E-state index in [2.05, 4.69) is 10.4 Å². The number of para-hydroxylation sites is 1. The Hall–Kier alpha value is -2.64. The van der Waals surface area contributed by atoms with Crippen LogP contribution in [-0.2, 0) is 0 Å². The molecule has 0 unspecified atom stereocenters. The smallest absolute Gasteiger partial charge is 0.271 e. The van der Waals surface area contributed by atoms with Crippen LogP contribution in [0.4, 0.5) is 0 Å². The van der Waals surface area contributed by atoms with E-state index >= 15 is 0 Å². The minimum absolute atomic E-state index is 0.158. The fraction of sp³-hybridized carbons (Fsp3) is 0.263. The summed E-state index contributed by atoms with van der Waals surface area (Å²) in [5, 5.41) is 17.5. The minimum atomic E-state index is -0.323. The molecule has 2 heterocycles. The van der Waals surface area contributed by atoms with Crippen molar-refractivity contribution in [1.29, 1.82) is 0 Å². The zero-order chi connectivity index (χ0) is 18.1. The third-order valence-corrected chi connectivity index (χ3v) is 5.69. The number of amides is 1. The number of rotatable bonds is 5. The Morgan fingerprint density at radius 2 is 2.00 bits per heavy atom. The Morgan fingerprint density at radius 1 is 1.23 bits per heavy atom. The van der Waals surface area contributed by atoms with Gasteiger partial charge >= 0.3 is 0 Å². The molecule has 0 bridgehead atoms. The van der Waals surface area contributed by atoms with Crippen LogP contribution >= 0.6 is 11.3 Å². The summed E-state index contributed by atoms with van der Waals surface area (Å²) in [5.74, 6) is -0.118. The number of nitrogens with one attached hydrogen (secondary N) is 2. The molecule has 1 fully saturated rings. The highest BCUT2D eigenvalue weighted by molar-refractivity contribution is 7.10. The number of carbonyl (C=O) groups is 1. The molecule has 1 saturated carbocycles. The molecule has 0 saturated heterocycles. The molecule has 7 heteroatoms. The van der Waals surface area contributed by atoms with Crippen LogP contribution in [0.1, 0.15) is 34.2 Å². The average Bonchev–Trinajstić information content (AvgIpc) is 3.27. The van der Waals surface area contributed by atoms with Crippen LogP contribution in [0.15, 0.2) is 58.7 Å². The van der Waals surface area contributed by atoms with Gasteiger partial charge in [0.2, 0.25) is 0 Å². The van der Waals surface area contributed by atoms with Crippen molar-refractivity contribution in [2.75, 3.05) is 0 Å². The molecule has 0 radical (unpaired) electrons. The molecule has 1 atom stereocenters. The van der Waals surface area contributed by atoms with Crippen molar-refractivity contribution in [2.24, 2.45) is 5.92 Å². The van der Waals surface area contributed by atoms with Gasteiger partial charge in [0, 0.05) is 10.9 Å². The number of benzene rings is 1. The lowest BCUT2D eigenvalue weighted by Crippen LogP contribution is -2.41. The van der Waals surface area contributed by atoms with Gasteiger partial charge < -0.3 is 10.4 Å². The maximum atomic E-state index is 12.7. The predicted octanol–water partition coefficient (Wildman–Crippen LogP) is 2.47. The molecule has 1 aliphatic rings. The summed E-state index contributed by atoms with van der Waals surface area (Å²) >= 11 is 1.58. The van der Waals surface area contributed by atoms with Crippen molar-refractivity contribution >= 4 is 17.2 Å². The number of aliphatic hydroxyl groups is 1. The third-order valence-electron chi connectivity index (χ3n) is 4.74. The van der Waals surface area contributed by atoms with E-state index in [4.69, 9.17) is 0 Å². The van der Waals surface area contributed by atoms with Gasteiger partial charge in [-0.15, -0.1) is 11.3 Å². The molecule has 0 spiro atoms. The lowest BCUT2D eigenvalue weighted by molar-refractivity contribution is 0.0240. The van der Waals surface area contributed by atoms with E-state index in [1.807, 2.05) is 35.7 Å². The van der Waals surface area contributed by atoms with Gasteiger partial charge in [0.05, 0.1) is 17.8 Å². The molecule has 1 aliphatic carbocycles. The first kappa shape index (κ1) is 16.8. The van der Waals surface area contributed by atoms with Gasteiger partial charge in [-0.25, -0.2) is 4.68 Å². The summed E-state index contributed by atoms with van der Waals surface area (Å²) < 4.78 is 1.35. The SMILES string of the molecule is O=C(N[C@@H](c1cccs1)C1CC(O)C1)c1cc(=O)n(-c2ccccc2)[nH]1. The second kappa shape index (κ2) is 6.93. The Morgan fingerprint density at radius 3 is 2.65 bits per heavy atom. The van der Waals surface area contributed by atoms with Crippen LogP contribution in [0.5, 0.6) is 0 Å². The van der Waals surface area contributed by atoms with Crippen LogP contribution in [0, 0.1) is 5.92 Å². The number of hydrogen-bond acceptors (Lipinski definition) is 4. The maximum absolute atomic E-state index is 12.7. The molecule has 6 nitrogen and oxygen atoms in total. The number of nitrogens with zero attached hydrogens (tertiary/aromatic N) is 1. The topological polar surface area (TPSA) is 87.1 Å². The van der Waals surface area contributed by atoms with Crippen molar-refractivity contribution in [2.45, 2.75) is 25.0 Å². The molecule has 2 aromatic heterocycles. The zero-order valence-corrected chi connectivity index (χ0v) is 14.8. The van der Waals surface area contributed by atoms with E-state index in [9.17, 15) is 14.7 Å². The largest absolute Gasteiger partial charge is 0.393 e. The number of carbonyl (C=O) groups excluding carboxylic acids is 1. The molecule has 0 aliphatic heterocycles. The van der Waals surface area contributed by atoms with Crippen molar-refractivity contribution in [3.63, 3.8) is 0 Å². The van der Waals surface area contributed by atoms with Crippen LogP contribution < -0.4 is 10.9 Å². The first-order chi connectivity index (χ1) is 12.6. The predicted molar refractivity (Wildman–Crippen MR) is 99.6 cm³/mol. The number of hydrogen-bond donors (Lipinski definition) is 3. The van der Waals surface area contributed by atoms with Gasteiger partial charge in [0.25, 0.3) is 11.5 Å². The Kier molecular flexibility index (Phi) is 4.48. The third kappa shape index (κ3) is 3.23. The normalized spacial score (nSPS) is 20.3. The highest BCUT2D eigenvalue weighted by Crippen LogP contribution is 2.39. The maximum Gasteiger partial charge on any atom is 0.271 e. The van der Waals surface area contributed by atoms with E-state index in [1.54, 1.807) is 23.5 Å². The Balaban J connectivity index is 1.56. The second-order valence-electron chi connectivity index (χ2n) is 6.53. The van der Waals surface area contributed by atoms with E-state index in [0.29, 0.717) is 18.5 Å². The Labute approximate surface area is 154 Å². The summed E-state index contributed by atoms with van der Waals surface area (Å²) in [4.78, 5) is 26.0. The van der Waals surface area contributed by atoms with Gasteiger partial charge in [-0.05, 0) is 42.3 Å². The van der Waals surface area contributed by atoms with Gasteiger partial charge in [-0.1, -0.05) is 24.3 Å². The Bertz CT molecular complexity index is 940. The monoisotopic (exact) mass is 369 g/mol. The minimum Gasteiger partial charge on any atom is -0.393 e. The molecular formula is C19H19N3O3S. The molecule has 3 N–H and O–H groups in total. The number of aromatic amines is 1. The highest BCUT2D eigenvalue weighted by atomic mass is 32.1. The number of H-pyrrole nitrogens is 1. The van der Waals surface area contributed by atoms with Crippen molar-refractivity contribution < 1.29 is 9.90 Å². The fourth-order valence-corrected chi connectivity index (χ4v) is 4.16. The zero-order valence-electron chi connectivity index (χ0n) is 14.0. The average molecular weight is 369 g/mol. The van der Waals surface area contributed by atoms with E-state index in [-0.39, 0.29) is 35.2 Å². The number of aromatic nitrogens is 2. The van der Waals surface area contributed by atoms with E-state index in [0.717, 1.165) is 4.88 Å². The first-order valence-electron chi connectivity index (χ1n) is 8.51. The van der Waals surface area contributed by atoms with Gasteiger partial charge in [0.15, 0.2) is 0 Å². The van der Waals surface area contributed by atoms with E-state index < -0.39 is 0 Å². The molecule has 3 aromatic rings. The van der Waals surface area contributed by atoms with Crippen molar-refractivity contribution in [1.82, 2.24) is 15.1 Å². The number of aliphatic hydroxyl groups excluding tert-OH is 1. The summed E-state index contributed by atoms with van der Waals surface area (Å²) in [6.45, 7) is 0. The lowest BCUT2D eigenvalue weighted by atomic mass is 9.76. The van der Waals surface area contributed by atoms with E-state index in [1.165, 1.54) is 10.7 Å². The van der Waals surface area contributed by atoms with Crippen molar-refractivity contribution in [3.8, 4) is 5.69 Å². The molecule has 26 heavy (non-hydrogen) atoms. The lowest BCUT2D eigenvalue weighted by Gasteiger charge is -2.37. The molecule has 1 aromatic carbocycles. The molecule has 134 valence electrons. The summed E-state index contributed by atoms with van der Waals surface area (Å²) in [6, 6.07) is 14.2. The standard InChI is InChI=1S/C19H19N3O3S/c23-14-9-12(10-14)18(16-7-4-8-26-16)20-19(25)15-11-17(24)22(21-15)13-5-2-1-3-6-13/h1-8,11-12,14,18,21,23H,9-10H2,(H,20,25)/t12?,14?,18-/m1/s1. The van der Waals surface area contributed by atoms with Gasteiger partial charge in [0.1, 0.15) is 5.69 Å². The highest BCUT2D eigenvalue weighted by Gasteiger charge is 2.36. The summed E-state index contributed by atoms with van der Waals surface area (Å²) in [6.07, 6.45) is 1.05. The number of thiophene rings is 1. The summed E-state index contributed by atoms with van der Waals surface area (Å²) in [7, 11) is 0. The first-order valence-corrected chi connectivity index (χ1v) is 9.39. The second-order valence-corrected chi connectivity index (χ2v) is 7.51. The molecular weight excluding hydrogens is 350 g/mol. The van der Waals surface area contributed by atoms with Crippen LogP contribution in [0.3, 0.4) is 0 Å². The van der Waals surface area contributed by atoms with Crippen molar-refractivity contribution in [3.05, 3.63) is 74.8 Å². The molecule has 4 rings (SSSR count). The van der Waals surface area contributed by atoms with Crippen LogP contribution in [0.2, 0.25) is 0 Å². The summed E-state index contributed by atoms with van der Waals surface area (Å²) in [5.41, 5.74) is 0.613. The quantitative estimate of drug-likeness (QED) is 0.646. The fourth-order valence-electron chi connectivity index (χ4n) is 3.29. The van der Waals surface area contributed by atoms with Gasteiger partial charge in [-0.3, -0.25) is 14.7 Å². The van der Waals surface area contributed by atoms with Gasteiger partial charge in [-0.2, -0.15) is 0 Å².